The predicted octanol–water partition coefficient (Wildman–Crippen LogP) is 7.10. The van der Waals surface area contributed by atoms with E-state index in [1.165, 1.54) is 0 Å². The van der Waals surface area contributed by atoms with Gasteiger partial charge in [-0.15, -0.1) is 0 Å². The van der Waals surface area contributed by atoms with Crippen molar-refractivity contribution in [3.05, 3.63) is 82.3 Å². The van der Waals surface area contributed by atoms with Gasteiger partial charge >= 0.3 is 5.97 Å². The Morgan fingerprint density at radius 3 is 2.50 bits per heavy atom. The molecule has 2 N–H and O–H groups in total. The highest BCUT2D eigenvalue weighted by atomic mass is 79.9. The second-order valence-electron chi connectivity index (χ2n) is 6.14. The van der Waals surface area contributed by atoms with Crippen LogP contribution in [0.15, 0.2) is 65.7 Å². The van der Waals surface area contributed by atoms with Crippen molar-refractivity contribution >= 4 is 75.3 Å². The summed E-state index contributed by atoms with van der Waals surface area (Å²) >= 11 is 13.9. The number of fused-ring (bicyclic) bond motifs is 2. The molecule has 0 aromatic heterocycles. The minimum atomic E-state index is -1.02. The summed E-state index contributed by atoms with van der Waals surface area (Å²) < 4.78 is 8.77. The van der Waals surface area contributed by atoms with Crippen LogP contribution in [-0.4, -0.2) is 16.2 Å². The second-order valence-corrected chi connectivity index (χ2v) is 9.76. The molecule has 0 spiro atoms. The van der Waals surface area contributed by atoms with Gasteiger partial charge in [0.15, 0.2) is 5.75 Å². The van der Waals surface area contributed by atoms with Crippen LogP contribution in [0.4, 0.5) is 0 Å². The van der Waals surface area contributed by atoms with Gasteiger partial charge in [0.05, 0.1) is 10.0 Å². The molecule has 4 rings (SSSR count). The van der Waals surface area contributed by atoms with Crippen LogP contribution in [0.5, 0.6) is 11.5 Å². The van der Waals surface area contributed by atoms with Gasteiger partial charge in [0, 0.05) is 32.1 Å². The van der Waals surface area contributed by atoms with Crippen LogP contribution >= 0.6 is 63.7 Å². The van der Waals surface area contributed by atoms with Crippen molar-refractivity contribution < 1.29 is 19.7 Å². The summed E-state index contributed by atoms with van der Waals surface area (Å²) in [6.45, 7) is 0. The molecule has 0 radical (unpaired) electrons. The van der Waals surface area contributed by atoms with E-state index >= 15 is 0 Å². The Hall–Kier alpha value is -1.35. The number of phenols is 1. The van der Waals surface area contributed by atoms with Crippen molar-refractivity contribution in [2.75, 3.05) is 0 Å². The number of halogens is 4. The van der Waals surface area contributed by atoms with E-state index in [9.17, 15) is 15.0 Å². The van der Waals surface area contributed by atoms with Crippen LogP contribution in [-0.2, 0) is 0 Å². The zero-order chi connectivity index (χ0) is 20.2. The molecule has 0 amide bonds. The molecule has 0 unspecified atom stereocenters. The molecular weight excluding hydrogens is 624 g/mol. The predicted molar refractivity (Wildman–Crippen MR) is 121 cm³/mol. The van der Waals surface area contributed by atoms with Gasteiger partial charge in [-0.25, -0.2) is 4.79 Å². The Kier molecular flexibility index (Phi) is 5.33. The number of rotatable bonds is 2. The van der Waals surface area contributed by atoms with Crippen LogP contribution in [0.25, 0.3) is 5.57 Å². The molecule has 1 aliphatic carbocycles. The van der Waals surface area contributed by atoms with Gasteiger partial charge in [-0.2, -0.15) is 0 Å². The van der Waals surface area contributed by atoms with E-state index in [4.69, 9.17) is 4.74 Å². The fourth-order valence-electron chi connectivity index (χ4n) is 3.25. The summed E-state index contributed by atoms with van der Waals surface area (Å²) in [5, 5.41) is 20.1. The summed E-state index contributed by atoms with van der Waals surface area (Å²) in [6, 6.07) is 8.58. The quantitative estimate of drug-likeness (QED) is 0.370. The number of hydrogen-bond acceptors (Lipinski definition) is 3. The molecule has 0 fully saturated rings. The number of benzene rings is 2. The number of aromatic hydroxyl groups is 1. The molecule has 0 atom stereocenters. The Morgan fingerprint density at radius 1 is 1.07 bits per heavy atom. The highest BCUT2D eigenvalue weighted by molar-refractivity contribution is 9.12. The van der Waals surface area contributed by atoms with Crippen LogP contribution < -0.4 is 4.74 Å². The van der Waals surface area contributed by atoms with Crippen molar-refractivity contribution in [1.82, 2.24) is 0 Å². The molecule has 1 heterocycles. The third-order valence-corrected chi connectivity index (χ3v) is 6.92. The van der Waals surface area contributed by atoms with Gasteiger partial charge in [0.25, 0.3) is 0 Å². The molecule has 2 aromatic carbocycles. The van der Waals surface area contributed by atoms with Gasteiger partial charge in [0.2, 0.25) is 0 Å². The standard InChI is InChI=1S/C20H10Br4O4/c21-8-5-11-15(9-3-1-2-4-10(9)20(26)27)12-7-13(22)17(25)16(24)19(12)28-18(11)14(23)6-8/h1-5,7,25H,6H2,(H,26,27). The van der Waals surface area contributed by atoms with Gasteiger partial charge in [-0.3, -0.25) is 0 Å². The minimum absolute atomic E-state index is 0.0114. The smallest absolute Gasteiger partial charge is 0.336 e. The molecule has 2 aromatic rings. The maximum Gasteiger partial charge on any atom is 0.336 e. The topological polar surface area (TPSA) is 66.8 Å². The van der Waals surface area contributed by atoms with Crippen LogP contribution in [0.1, 0.15) is 27.9 Å². The summed E-state index contributed by atoms with van der Waals surface area (Å²) in [5.41, 5.74) is 2.89. The lowest BCUT2D eigenvalue weighted by atomic mass is 9.85. The monoisotopic (exact) mass is 630 g/mol. The van der Waals surface area contributed by atoms with E-state index in [1.807, 2.05) is 6.08 Å². The molecule has 2 aliphatic rings. The number of aromatic carboxylic acids is 1. The zero-order valence-electron chi connectivity index (χ0n) is 13.9. The lowest BCUT2D eigenvalue weighted by Crippen LogP contribution is -2.15. The van der Waals surface area contributed by atoms with E-state index in [2.05, 4.69) is 63.7 Å². The summed E-state index contributed by atoms with van der Waals surface area (Å²) in [4.78, 5) is 11.9. The average molecular weight is 634 g/mol. The van der Waals surface area contributed by atoms with Crippen LogP contribution in [0, 0.1) is 0 Å². The van der Waals surface area contributed by atoms with E-state index in [1.54, 1.807) is 30.3 Å². The molecule has 1 aliphatic heterocycles. The fraction of sp³-hybridized carbons (Fsp3) is 0.0500. The van der Waals surface area contributed by atoms with Crippen molar-refractivity contribution in [3.63, 3.8) is 0 Å². The molecule has 28 heavy (non-hydrogen) atoms. The van der Waals surface area contributed by atoms with Crippen LogP contribution in [0.3, 0.4) is 0 Å². The summed E-state index contributed by atoms with van der Waals surface area (Å²) in [7, 11) is 0. The van der Waals surface area contributed by atoms with Gasteiger partial charge in [0.1, 0.15) is 16.0 Å². The third kappa shape index (κ3) is 3.20. The van der Waals surface area contributed by atoms with Crippen LogP contribution in [0.2, 0.25) is 0 Å². The second kappa shape index (κ2) is 7.48. The zero-order valence-corrected chi connectivity index (χ0v) is 20.2. The molecule has 0 saturated heterocycles. The average Bonchev–Trinajstić information content (AvgIpc) is 2.65. The van der Waals surface area contributed by atoms with E-state index in [-0.39, 0.29) is 11.3 Å². The number of carboxylic acids is 1. The Bertz CT molecular complexity index is 1150. The number of carboxylic acid groups (broad SMARTS) is 1. The van der Waals surface area contributed by atoms with E-state index in [0.717, 1.165) is 14.5 Å². The van der Waals surface area contributed by atoms with E-state index < -0.39 is 5.97 Å². The number of hydrogen-bond donors (Lipinski definition) is 2. The summed E-state index contributed by atoms with van der Waals surface area (Å²) in [5.74, 6) is 0.0146. The number of ether oxygens (including phenoxy) is 1. The SMILES string of the molecule is O=C(O)c1ccccc1C1=C2C=C(Br)CC(Br)=C2Oc2c1cc(Br)c(O)c2Br. The minimum Gasteiger partial charge on any atom is -0.505 e. The number of allylic oxidation sites excluding steroid dienone is 3. The Labute approximate surface area is 194 Å². The molecule has 8 heteroatoms. The van der Waals surface area contributed by atoms with E-state index in [0.29, 0.717) is 43.6 Å². The lowest BCUT2D eigenvalue weighted by molar-refractivity contribution is 0.0696. The fourth-order valence-corrected chi connectivity index (χ4v) is 5.93. The van der Waals surface area contributed by atoms with Gasteiger partial charge < -0.3 is 14.9 Å². The molecule has 142 valence electrons. The van der Waals surface area contributed by atoms with Gasteiger partial charge in [-0.05, 0) is 55.6 Å². The largest absolute Gasteiger partial charge is 0.505 e. The highest BCUT2D eigenvalue weighted by Crippen LogP contribution is 2.53. The highest BCUT2D eigenvalue weighted by Gasteiger charge is 2.33. The van der Waals surface area contributed by atoms with Crippen molar-refractivity contribution in [2.24, 2.45) is 0 Å². The first-order chi connectivity index (χ1) is 13.3. The Morgan fingerprint density at radius 2 is 1.79 bits per heavy atom. The molecular formula is C20H10Br4O4. The Balaban J connectivity index is 2.17. The normalized spacial score (nSPS) is 15.6. The van der Waals surface area contributed by atoms with Crippen molar-refractivity contribution in [3.8, 4) is 11.5 Å². The number of phenolic OH excluding ortho intramolecular Hbond substituents is 1. The van der Waals surface area contributed by atoms with Crippen molar-refractivity contribution in [1.29, 1.82) is 0 Å². The molecule has 0 saturated carbocycles. The first-order valence-electron chi connectivity index (χ1n) is 8.00. The molecule has 0 bridgehead atoms. The molecule has 4 nitrogen and oxygen atoms in total. The van der Waals surface area contributed by atoms with Gasteiger partial charge in [-0.1, -0.05) is 50.1 Å². The summed E-state index contributed by atoms with van der Waals surface area (Å²) in [6.07, 6.45) is 2.55. The first-order valence-corrected chi connectivity index (χ1v) is 11.2. The first kappa shape index (κ1) is 19.9. The third-order valence-electron chi connectivity index (χ3n) is 4.43. The van der Waals surface area contributed by atoms with Crippen molar-refractivity contribution in [2.45, 2.75) is 6.42 Å². The number of carbonyl (C=O) groups is 1. The lowest BCUT2D eigenvalue weighted by Gasteiger charge is -2.30. The maximum atomic E-state index is 11.9. The maximum absolute atomic E-state index is 11.9.